The second-order valence-electron chi connectivity index (χ2n) is 4.91. The number of hydrogen-bond donors (Lipinski definition) is 2. The molecule has 0 amide bonds. The molecule has 0 spiro atoms. The first-order valence-electron chi connectivity index (χ1n) is 7.87. The molecule has 2 N–H and O–H groups in total. The Hall–Kier alpha value is -0.0800. The van der Waals surface area contributed by atoms with Crippen molar-refractivity contribution in [2.45, 2.75) is 47.1 Å². The maximum Gasteiger partial charge on any atom is 0.191 e. The third kappa shape index (κ3) is 13.3. The van der Waals surface area contributed by atoms with Crippen LogP contribution in [0.15, 0.2) is 4.99 Å². The van der Waals surface area contributed by atoms with Crippen LogP contribution in [0.3, 0.4) is 0 Å². The molecule has 5 nitrogen and oxygen atoms in total. The summed E-state index contributed by atoms with van der Waals surface area (Å²) in [5.74, 6) is 1.38. The Morgan fingerprint density at radius 1 is 1.10 bits per heavy atom. The predicted octanol–water partition coefficient (Wildman–Crippen LogP) is 2.65. The van der Waals surface area contributed by atoms with Crippen LogP contribution in [0, 0.1) is 5.92 Å². The summed E-state index contributed by atoms with van der Waals surface area (Å²) in [6.07, 6.45) is 1.24. The quantitative estimate of drug-likeness (QED) is 0.236. The fourth-order valence-corrected chi connectivity index (χ4v) is 1.85. The zero-order chi connectivity index (χ0) is 15.2. The Morgan fingerprint density at radius 2 is 1.81 bits per heavy atom. The van der Waals surface area contributed by atoms with Gasteiger partial charge in [-0.25, -0.2) is 0 Å². The molecule has 0 aromatic carbocycles. The molecule has 0 aromatic rings. The molecular formula is C15H34IN3O2. The van der Waals surface area contributed by atoms with Crippen molar-refractivity contribution in [3.05, 3.63) is 0 Å². The van der Waals surface area contributed by atoms with E-state index in [0.717, 1.165) is 45.2 Å². The molecule has 0 saturated heterocycles. The predicted molar refractivity (Wildman–Crippen MR) is 101 cm³/mol. The van der Waals surface area contributed by atoms with Gasteiger partial charge in [0.15, 0.2) is 5.96 Å². The van der Waals surface area contributed by atoms with Gasteiger partial charge in [-0.3, -0.25) is 4.99 Å². The first kappa shape index (κ1) is 23.2. The monoisotopic (exact) mass is 415 g/mol. The highest BCUT2D eigenvalue weighted by Gasteiger charge is 2.12. The summed E-state index contributed by atoms with van der Waals surface area (Å²) in [5, 5.41) is 6.50. The van der Waals surface area contributed by atoms with Crippen molar-refractivity contribution in [1.29, 1.82) is 0 Å². The number of guanidine groups is 1. The van der Waals surface area contributed by atoms with E-state index in [1.165, 1.54) is 0 Å². The molecule has 6 heteroatoms. The van der Waals surface area contributed by atoms with E-state index in [-0.39, 0.29) is 30.1 Å². The highest BCUT2D eigenvalue weighted by molar-refractivity contribution is 14.0. The summed E-state index contributed by atoms with van der Waals surface area (Å²) in [5.41, 5.74) is 0. The van der Waals surface area contributed by atoms with Crippen molar-refractivity contribution in [3.8, 4) is 0 Å². The molecule has 0 radical (unpaired) electrons. The zero-order valence-electron chi connectivity index (χ0n) is 14.3. The van der Waals surface area contributed by atoms with Gasteiger partial charge >= 0.3 is 0 Å². The average molecular weight is 415 g/mol. The van der Waals surface area contributed by atoms with Crippen molar-refractivity contribution in [2.24, 2.45) is 10.9 Å². The molecule has 128 valence electrons. The number of aliphatic imine (C=N–C) groups is 1. The van der Waals surface area contributed by atoms with E-state index in [9.17, 15) is 0 Å². The number of nitrogens with zero attached hydrogens (tertiary/aromatic N) is 1. The number of hydrogen-bond acceptors (Lipinski definition) is 3. The largest absolute Gasteiger partial charge is 0.380 e. The van der Waals surface area contributed by atoms with Crippen LogP contribution in [0.4, 0.5) is 0 Å². The van der Waals surface area contributed by atoms with Gasteiger partial charge in [-0.15, -0.1) is 24.0 Å². The van der Waals surface area contributed by atoms with E-state index in [2.05, 4.69) is 36.4 Å². The maximum atomic E-state index is 5.73. The molecule has 21 heavy (non-hydrogen) atoms. The first-order valence-corrected chi connectivity index (χ1v) is 7.87. The SMILES string of the molecule is CCNC(=NCCC(OCC)C(C)C)NCCOCC.I. The van der Waals surface area contributed by atoms with Crippen molar-refractivity contribution in [2.75, 3.05) is 39.5 Å². The fourth-order valence-electron chi connectivity index (χ4n) is 1.85. The minimum Gasteiger partial charge on any atom is -0.380 e. The molecule has 1 unspecified atom stereocenters. The second-order valence-corrected chi connectivity index (χ2v) is 4.91. The smallest absolute Gasteiger partial charge is 0.191 e. The van der Waals surface area contributed by atoms with Gasteiger partial charge in [-0.05, 0) is 33.1 Å². The molecule has 0 rings (SSSR count). The Balaban J connectivity index is 0. The van der Waals surface area contributed by atoms with Gasteiger partial charge in [0.1, 0.15) is 0 Å². The Labute approximate surface area is 147 Å². The first-order chi connectivity index (χ1) is 9.65. The standard InChI is InChI=1S/C15H33N3O2.HI/c1-6-16-15(18-11-12-19-7-2)17-10-9-14(13(4)5)20-8-3;/h13-14H,6-12H2,1-5H3,(H2,16,17,18);1H. The Morgan fingerprint density at radius 3 is 2.33 bits per heavy atom. The second kappa shape index (κ2) is 16.3. The highest BCUT2D eigenvalue weighted by Crippen LogP contribution is 2.10. The number of ether oxygens (including phenoxy) is 2. The number of halogens is 1. The summed E-state index contributed by atoms with van der Waals surface area (Å²) < 4.78 is 11.0. The highest BCUT2D eigenvalue weighted by atomic mass is 127. The van der Waals surface area contributed by atoms with Crippen LogP contribution in [-0.4, -0.2) is 51.5 Å². The summed E-state index contributed by atoms with van der Waals surface area (Å²) in [4.78, 5) is 4.57. The van der Waals surface area contributed by atoms with Crippen molar-refractivity contribution in [3.63, 3.8) is 0 Å². The lowest BCUT2D eigenvalue weighted by Gasteiger charge is -2.20. The van der Waals surface area contributed by atoms with E-state index in [1.807, 2.05) is 13.8 Å². The lowest BCUT2D eigenvalue weighted by molar-refractivity contribution is 0.0266. The van der Waals surface area contributed by atoms with Crippen LogP contribution in [-0.2, 0) is 9.47 Å². The normalized spacial score (nSPS) is 13.0. The summed E-state index contributed by atoms with van der Waals surface area (Å²) >= 11 is 0. The zero-order valence-corrected chi connectivity index (χ0v) is 16.6. The van der Waals surface area contributed by atoms with Gasteiger partial charge in [0.05, 0.1) is 12.7 Å². The van der Waals surface area contributed by atoms with E-state index < -0.39 is 0 Å². The van der Waals surface area contributed by atoms with E-state index in [4.69, 9.17) is 9.47 Å². The van der Waals surface area contributed by atoms with E-state index in [0.29, 0.717) is 12.5 Å². The minimum absolute atomic E-state index is 0. The molecule has 0 saturated carbocycles. The topological polar surface area (TPSA) is 54.9 Å². The molecule has 0 aliphatic heterocycles. The van der Waals surface area contributed by atoms with Gasteiger partial charge in [0.2, 0.25) is 0 Å². The summed E-state index contributed by atoms with van der Waals surface area (Å²) in [7, 11) is 0. The van der Waals surface area contributed by atoms with Crippen LogP contribution in [0.5, 0.6) is 0 Å². The Bertz CT molecular complexity index is 251. The fraction of sp³-hybridized carbons (Fsp3) is 0.933. The summed E-state index contributed by atoms with van der Waals surface area (Å²) in [6.45, 7) is 15.1. The molecule has 0 aliphatic carbocycles. The van der Waals surface area contributed by atoms with Crippen LogP contribution in [0.25, 0.3) is 0 Å². The third-order valence-corrected chi connectivity index (χ3v) is 2.90. The van der Waals surface area contributed by atoms with Crippen molar-refractivity contribution >= 4 is 29.9 Å². The van der Waals surface area contributed by atoms with Crippen LogP contribution < -0.4 is 10.6 Å². The molecule has 1 atom stereocenters. The molecular weight excluding hydrogens is 381 g/mol. The molecule has 0 heterocycles. The van der Waals surface area contributed by atoms with Gasteiger partial charge in [0.25, 0.3) is 0 Å². The number of nitrogens with one attached hydrogen (secondary N) is 2. The van der Waals surface area contributed by atoms with Crippen LogP contribution in [0.2, 0.25) is 0 Å². The third-order valence-electron chi connectivity index (χ3n) is 2.90. The molecule has 0 bridgehead atoms. The average Bonchev–Trinajstić information content (AvgIpc) is 2.42. The minimum atomic E-state index is 0. The van der Waals surface area contributed by atoms with Crippen molar-refractivity contribution in [1.82, 2.24) is 10.6 Å². The number of rotatable bonds is 11. The van der Waals surface area contributed by atoms with E-state index in [1.54, 1.807) is 0 Å². The van der Waals surface area contributed by atoms with E-state index >= 15 is 0 Å². The lowest BCUT2D eigenvalue weighted by atomic mass is 10.0. The molecule has 0 fully saturated rings. The van der Waals surface area contributed by atoms with Crippen LogP contribution in [0.1, 0.15) is 41.0 Å². The van der Waals surface area contributed by atoms with Gasteiger partial charge in [0, 0.05) is 32.8 Å². The van der Waals surface area contributed by atoms with Crippen molar-refractivity contribution < 1.29 is 9.47 Å². The van der Waals surface area contributed by atoms with Gasteiger partial charge < -0.3 is 20.1 Å². The van der Waals surface area contributed by atoms with Gasteiger partial charge in [-0.2, -0.15) is 0 Å². The lowest BCUT2D eigenvalue weighted by Crippen LogP contribution is -2.39. The molecule has 0 aliphatic rings. The molecule has 0 aromatic heterocycles. The van der Waals surface area contributed by atoms with Gasteiger partial charge in [-0.1, -0.05) is 13.8 Å². The summed E-state index contributed by atoms with van der Waals surface area (Å²) in [6, 6.07) is 0. The van der Waals surface area contributed by atoms with Crippen LogP contribution >= 0.6 is 24.0 Å². The maximum absolute atomic E-state index is 5.73. The Kier molecular flexibility index (Phi) is 18.0.